The normalized spacial score (nSPS) is 12.3. The third-order valence-corrected chi connectivity index (χ3v) is 2.24. The molecule has 3 N–H and O–H groups in total. The number of carbonyl (C=O) groups is 1. The average molecular weight is 218 g/mol. The number of oxazole rings is 1. The van der Waals surface area contributed by atoms with Crippen LogP contribution in [0.4, 0.5) is 0 Å². The molecule has 0 bridgehead atoms. The van der Waals surface area contributed by atoms with Gasteiger partial charge in [-0.05, 0) is 5.56 Å². The lowest BCUT2D eigenvalue weighted by Crippen LogP contribution is -2.15. The number of carboxylic acid groups (broad SMARTS) is 1. The van der Waals surface area contributed by atoms with Gasteiger partial charge in [0.15, 0.2) is 17.8 Å². The minimum Gasteiger partial charge on any atom is -0.476 e. The van der Waals surface area contributed by atoms with Crippen molar-refractivity contribution in [1.29, 1.82) is 0 Å². The molecular weight excluding hydrogens is 208 g/mol. The smallest absolute Gasteiger partial charge is 0.358 e. The molecule has 5 nitrogen and oxygen atoms in total. The van der Waals surface area contributed by atoms with Gasteiger partial charge in [0, 0.05) is 0 Å². The molecule has 82 valence electrons. The standard InChI is InChI=1S/C11H10N2O3/c12-8(7-4-2-1-3-5-7)10-9(11(14)15)13-6-16-10/h1-6,8H,12H2,(H,14,15)/t8-/m1/s1. The summed E-state index contributed by atoms with van der Waals surface area (Å²) in [6, 6.07) is 8.50. The molecule has 0 saturated heterocycles. The molecule has 2 rings (SSSR count). The Bertz CT molecular complexity index is 493. The average Bonchev–Trinajstić information content (AvgIpc) is 2.78. The maximum Gasteiger partial charge on any atom is 0.358 e. The van der Waals surface area contributed by atoms with Gasteiger partial charge in [-0.1, -0.05) is 30.3 Å². The van der Waals surface area contributed by atoms with E-state index < -0.39 is 12.0 Å². The van der Waals surface area contributed by atoms with E-state index in [1.807, 2.05) is 18.2 Å². The van der Waals surface area contributed by atoms with E-state index in [0.717, 1.165) is 12.0 Å². The number of carboxylic acids is 1. The molecule has 1 heterocycles. The Labute approximate surface area is 91.5 Å². The highest BCUT2D eigenvalue weighted by Gasteiger charge is 2.22. The number of hydrogen-bond acceptors (Lipinski definition) is 4. The Morgan fingerprint density at radius 1 is 1.38 bits per heavy atom. The van der Waals surface area contributed by atoms with E-state index in [1.54, 1.807) is 12.1 Å². The van der Waals surface area contributed by atoms with E-state index in [-0.39, 0.29) is 11.5 Å². The molecule has 0 spiro atoms. The van der Waals surface area contributed by atoms with Crippen molar-refractivity contribution in [3.63, 3.8) is 0 Å². The first-order valence-electron chi connectivity index (χ1n) is 4.67. The fourth-order valence-electron chi connectivity index (χ4n) is 1.45. The second-order valence-electron chi connectivity index (χ2n) is 3.26. The van der Waals surface area contributed by atoms with Crippen LogP contribution in [-0.2, 0) is 0 Å². The van der Waals surface area contributed by atoms with Crippen molar-refractivity contribution in [3.8, 4) is 0 Å². The fraction of sp³-hybridized carbons (Fsp3) is 0.0909. The minimum absolute atomic E-state index is 0.142. The lowest BCUT2D eigenvalue weighted by Gasteiger charge is -2.08. The molecule has 0 radical (unpaired) electrons. The van der Waals surface area contributed by atoms with Gasteiger partial charge >= 0.3 is 5.97 Å². The Hall–Kier alpha value is -2.14. The van der Waals surface area contributed by atoms with Gasteiger partial charge in [0.2, 0.25) is 0 Å². The molecule has 1 atom stereocenters. The molecule has 0 aliphatic rings. The van der Waals surface area contributed by atoms with E-state index in [2.05, 4.69) is 4.98 Å². The molecule has 0 aliphatic heterocycles. The zero-order chi connectivity index (χ0) is 11.5. The SMILES string of the molecule is N[C@H](c1ccccc1)c1ocnc1C(=O)O. The van der Waals surface area contributed by atoms with Gasteiger partial charge < -0.3 is 15.3 Å². The van der Waals surface area contributed by atoms with E-state index in [4.69, 9.17) is 15.3 Å². The monoisotopic (exact) mass is 218 g/mol. The van der Waals surface area contributed by atoms with Crippen molar-refractivity contribution >= 4 is 5.97 Å². The number of nitrogens with zero attached hydrogens (tertiary/aromatic N) is 1. The first-order chi connectivity index (χ1) is 7.70. The molecule has 0 unspecified atom stereocenters. The van der Waals surface area contributed by atoms with E-state index >= 15 is 0 Å². The Balaban J connectivity index is 2.38. The highest BCUT2D eigenvalue weighted by molar-refractivity contribution is 5.86. The first-order valence-corrected chi connectivity index (χ1v) is 4.67. The molecule has 1 aromatic heterocycles. The van der Waals surface area contributed by atoms with E-state index in [1.165, 1.54) is 0 Å². The Morgan fingerprint density at radius 2 is 2.06 bits per heavy atom. The van der Waals surface area contributed by atoms with Crippen LogP contribution in [0.25, 0.3) is 0 Å². The predicted octanol–water partition coefficient (Wildman–Crippen LogP) is 1.42. The summed E-state index contributed by atoms with van der Waals surface area (Å²) in [6.07, 6.45) is 1.08. The third kappa shape index (κ3) is 1.80. The lowest BCUT2D eigenvalue weighted by atomic mass is 10.0. The predicted molar refractivity (Wildman–Crippen MR) is 55.9 cm³/mol. The quantitative estimate of drug-likeness (QED) is 0.813. The second kappa shape index (κ2) is 4.16. The van der Waals surface area contributed by atoms with Crippen LogP contribution < -0.4 is 5.73 Å². The number of rotatable bonds is 3. The van der Waals surface area contributed by atoms with Crippen LogP contribution in [0.3, 0.4) is 0 Å². The summed E-state index contributed by atoms with van der Waals surface area (Å²) in [5, 5.41) is 8.87. The zero-order valence-corrected chi connectivity index (χ0v) is 8.33. The van der Waals surface area contributed by atoms with E-state index in [0.29, 0.717) is 0 Å². The molecule has 5 heteroatoms. The van der Waals surface area contributed by atoms with Crippen LogP contribution >= 0.6 is 0 Å². The summed E-state index contributed by atoms with van der Waals surface area (Å²) < 4.78 is 5.03. The second-order valence-corrected chi connectivity index (χ2v) is 3.26. The van der Waals surface area contributed by atoms with Gasteiger partial charge in [-0.2, -0.15) is 0 Å². The number of hydrogen-bond donors (Lipinski definition) is 2. The van der Waals surface area contributed by atoms with Crippen LogP contribution in [0.15, 0.2) is 41.1 Å². The van der Waals surface area contributed by atoms with Crippen molar-refractivity contribution in [2.24, 2.45) is 5.73 Å². The van der Waals surface area contributed by atoms with Crippen molar-refractivity contribution in [3.05, 3.63) is 53.7 Å². The summed E-state index contributed by atoms with van der Waals surface area (Å²) >= 11 is 0. The van der Waals surface area contributed by atoms with Crippen molar-refractivity contribution < 1.29 is 14.3 Å². The molecule has 0 aliphatic carbocycles. The van der Waals surface area contributed by atoms with Crippen molar-refractivity contribution in [2.75, 3.05) is 0 Å². The maximum atomic E-state index is 10.8. The minimum atomic E-state index is -1.14. The van der Waals surface area contributed by atoms with Gasteiger partial charge in [-0.15, -0.1) is 0 Å². The topological polar surface area (TPSA) is 89.4 Å². The highest BCUT2D eigenvalue weighted by atomic mass is 16.4. The Kier molecular flexibility index (Phi) is 2.70. The zero-order valence-electron chi connectivity index (χ0n) is 8.33. The van der Waals surface area contributed by atoms with Gasteiger partial charge in [0.25, 0.3) is 0 Å². The van der Waals surface area contributed by atoms with Crippen molar-refractivity contribution in [1.82, 2.24) is 4.98 Å². The van der Waals surface area contributed by atoms with Gasteiger partial charge in [-0.25, -0.2) is 9.78 Å². The maximum absolute atomic E-state index is 10.8. The molecule has 0 fully saturated rings. The molecule has 2 aromatic rings. The molecule has 1 aromatic carbocycles. The summed E-state index contributed by atoms with van der Waals surface area (Å²) in [4.78, 5) is 14.5. The van der Waals surface area contributed by atoms with Gasteiger partial charge in [-0.3, -0.25) is 0 Å². The summed E-state index contributed by atoms with van der Waals surface area (Å²) in [5.74, 6) is -0.978. The van der Waals surface area contributed by atoms with E-state index in [9.17, 15) is 4.79 Å². The van der Waals surface area contributed by atoms with Crippen LogP contribution in [0.2, 0.25) is 0 Å². The molecule has 0 amide bonds. The van der Waals surface area contributed by atoms with Crippen LogP contribution in [0, 0.1) is 0 Å². The first kappa shape index (κ1) is 10.4. The lowest BCUT2D eigenvalue weighted by molar-refractivity contribution is 0.0688. The van der Waals surface area contributed by atoms with Crippen LogP contribution in [-0.4, -0.2) is 16.1 Å². The molecule has 0 saturated carbocycles. The largest absolute Gasteiger partial charge is 0.476 e. The van der Waals surface area contributed by atoms with Crippen LogP contribution in [0.1, 0.15) is 27.9 Å². The Morgan fingerprint density at radius 3 is 2.69 bits per heavy atom. The number of benzene rings is 1. The number of aromatic carboxylic acids is 1. The summed E-state index contributed by atoms with van der Waals surface area (Å²) in [7, 11) is 0. The number of nitrogens with two attached hydrogens (primary N) is 1. The van der Waals surface area contributed by atoms with Crippen LogP contribution in [0.5, 0.6) is 0 Å². The summed E-state index contributed by atoms with van der Waals surface area (Å²) in [6.45, 7) is 0. The highest BCUT2D eigenvalue weighted by Crippen LogP contribution is 2.21. The molecular formula is C11H10N2O3. The van der Waals surface area contributed by atoms with Gasteiger partial charge in [0.05, 0.1) is 6.04 Å². The fourth-order valence-corrected chi connectivity index (χ4v) is 1.45. The molecule has 16 heavy (non-hydrogen) atoms. The van der Waals surface area contributed by atoms with Gasteiger partial charge in [0.1, 0.15) is 0 Å². The van der Waals surface area contributed by atoms with Crippen molar-refractivity contribution in [2.45, 2.75) is 6.04 Å². The third-order valence-electron chi connectivity index (χ3n) is 2.24. The summed E-state index contributed by atoms with van der Waals surface area (Å²) in [5.41, 5.74) is 6.54. The number of aromatic nitrogens is 1.